The van der Waals surface area contributed by atoms with Crippen LogP contribution in [0.25, 0.3) is 10.9 Å². The Kier molecular flexibility index (Phi) is 5.50. The summed E-state index contributed by atoms with van der Waals surface area (Å²) in [6, 6.07) is 16.0. The van der Waals surface area contributed by atoms with E-state index in [4.69, 9.17) is 0 Å². The molecular weight excluding hydrogens is 340 g/mol. The minimum atomic E-state index is -0.235. The minimum absolute atomic E-state index is 0.0600. The number of amides is 1. The summed E-state index contributed by atoms with van der Waals surface area (Å²) in [5, 5.41) is 3.76. The summed E-state index contributed by atoms with van der Waals surface area (Å²) < 4.78 is 0. The number of hydrogen-bond acceptors (Lipinski definition) is 3. The van der Waals surface area contributed by atoms with Crippen LogP contribution in [0.4, 0.5) is 5.69 Å². The first-order valence-electron chi connectivity index (χ1n) is 8.99. The third-order valence-corrected chi connectivity index (χ3v) is 4.46. The fourth-order valence-electron chi connectivity index (χ4n) is 3.06. The predicted molar refractivity (Wildman–Crippen MR) is 107 cm³/mol. The van der Waals surface area contributed by atoms with Gasteiger partial charge >= 0.3 is 0 Å². The number of H-pyrrole nitrogens is 1. The second-order valence-electron chi connectivity index (χ2n) is 6.84. The molecule has 5 nitrogen and oxygen atoms in total. The number of rotatable bonds is 6. The molecule has 0 atom stereocenters. The van der Waals surface area contributed by atoms with Crippen molar-refractivity contribution in [1.29, 1.82) is 0 Å². The first-order valence-corrected chi connectivity index (χ1v) is 8.99. The fourth-order valence-corrected chi connectivity index (χ4v) is 3.06. The Morgan fingerprint density at radius 2 is 1.74 bits per heavy atom. The van der Waals surface area contributed by atoms with Crippen molar-refractivity contribution < 1.29 is 9.59 Å². The van der Waals surface area contributed by atoms with Crippen LogP contribution in [0.3, 0.4) is 0 Å². The highest BCUT2D eigenvalue weighted by atomic mass is 16.2. The van der Waals surface area contributed by atoms with Crippen molar-refractivity contribution in [3.63, 3.8) is 0 Å². The van der Waals surface area contributed by atoms with E-state index in [1.54, 1.807) is 36.4 Å². The zero-order valence-electron chi connectivity index (χ0n) is 15.4. The van der Waals surface area contributed by atoms with Crippen LogP contribution in [-0.4, -0.2) is 16.7 Å². The number of carbonyl (C=O) groups is 2. The molecule has 0 spiro atoms. The summed E-state index contributed by atoms with van der Waals surface area (Å²) in [6.07, 6.45) is 0.256. The maximum absolute atomic E-state index is 12.2. The Labute approximate surface area is 157 Å². The molecule has 2 aromatic carbocycles. The lowest BCUT2D eigenvalue weighted by Crippen LogP contribution is -2.14. The molecule has 3 rings (SSSR count). The highest BCUT2D eigenvalue weighted by molar-refractivity contribution is 6.00. The molecule has 0 aliphatic rings. The van der Waals surface area contributed by atoms with E-state index in [-0.39, 0.29) is 36.0 Å². The van der Waals surface area contributed by atoms with Crippen molar-refractivity contribution >= 4 is 28.3 Å². The van der Waals surface area contributed by atoms with Gasteiger partial charge in [-0.2, -0.15) is 0 Å². The molecular formula is C22H22N2O3. The molecule has 0 saturated heterocycles. The Bertz CT molecular complexity index is 1040. The summed E-state index contributed by atoms with van der Waals surface area (Å²) >= 11 is 0. The summed E-state index contributed by atoms with van der Waals surface area (Å²) in [6.45, 7) is 4.07. The molecule has 0 aliphatic heterocycles. The molecule has 0 radical (unpaired) electrons. The molecule has 1 amide bonds. The standard InChI is InChI=1S/C22H22N2O3/c1-14(2)18-13-22(27)24-19-12-16(8-9-17(18)19)23-21(26)11-10-20(25)15-6-4-3-5-7-15/h3-9,12-14H,10-11H2,1-2H3,(H,23,26)(H,24,27). The van der Waals surface area contributed by atoms with E-state index in [0.717, 1.165) is 10.9 Å². The minimum Gasteiger partial charge on any atom is -0.326 e. The normalized spacial score (nSPS) is 10.9. The van der Waals surface area contributed by atoms with Gasteiger partial charge in [0, 0.05) is 35.5 Å². The topological polar surface area (TPSA) is 79.0 Å². The zero-order valence-corrected chi connectivity index (χ0v) is 15.4. The smallest absolute Gasteiger partial charge is 0.248 e. The Balaban J connectivity index is 1.70. The van der Waals surface area contributed by atoms with E-state index < -0.39 is 0 Å². The quantitative estimate of drug-likeness (QED) is 0.643. The van der Waals surface area contributed by atoms with Crippen molar-refractivity contribution in [2.75, 3.05) is 5.32 Å². The molecule has 138 valence electrons. The second kappa shape index (κ2) is 7.99. The monoisotopic (exact) mass is 362 g/mol. The number of carbonyl (C=O) groups excluding carboxylic acids is 2. The van der Waals surface area contributed by atoms with Gasteiger partial charge in [0.05, 0.1) is 5.52 Å². The molecule has 27 heavy (non-hydrogen) atoms. The second-order valence-corrected chi connectivity index (χ2v) is 6.84. The van der Waals surface area contributed by atoms with Crippen LogP contribution in [0, 0.1) is 0 Å². The number of ketones is 1. The van der Waals surface area contributed by atoms with Crippen molar-refractivity contribution in [2.45, 2.75) is 32.6 Å². The molecule has 1 heterocycles. The number of pyridine rings is 1. The van der Waals surface area contributed by atoms with E-state index >= 15 is 0 Å². The van der Waals surface area contributed by atoms with Crippen LogP contribution in [0.1, 0.15) is 48.5 Å². The summed E-state index contributed by atoms with van der Waals surface area (Å²) in [7, 11) is 0. The van der Waals surface area contributed by atoms with Gasteiger partial charge in [-0.3, -0.25) is 14.4 Å². The van der Waals surface area contributed by atoms with Gasteiger partial charge in [0.2, 0.25) is 11.5 Å². The van der Waals surface area contributed by atoms with Gasteiger partial charge in [-0.15, -0.1) is 0 Å². The number of Topliss-reactive ketones (excluding diaryl/α,β-unsaturated/α-hetero) is 1. The lowest BCUT2D eigenvalue weighted by atomic mass is 9.99. The molecule has 2 N–H and O–H groups in total. The number of aromatic amines is 1. The van der Waals surface area contributed by atoms with Crippen LogP contribution in [0.2, 0.25) is 0 Å². The van der Waals surface area contributed by atoms with Crippen LogP contribution in [-0.2, 0) is 4.79 Å². The maximum Gasteiger partial charge on any atom is 0.248 e. The average Bonchev–Trinajstić information content (AvgIpc) is 2.65. The Hall–Kier alpha value is -3.21. The van der Waals surface area contributed by atoms with Crippen molar-refractivity contribution in [1.82, 2.24) is 4.98 Å². The van der Waals surface area contributed by atoms with Crippen molar-refractivity contribution in [3.8, 4) is 0 Å². The molecule has 0 unspecified atom stereocenters. The molecule has 0 aliphatic carbocycles. The zero-order chi connectivity index (χ0) is 19.4. The van der Waals surface area contributed by atoms with Crippen LogP contribution in [0.5, 0.6) is 0 Å². The molecule has 3 aromatic rings. The number of benzene rings is 2. The predicted octanol–water partition coefficient (Wildman–Crippen LogP) is 4.25. The van der Waals surface area contributed by atoms with Crippen molar-refractivity contribution in [2.24, 2.45) is 0 Å². The van der Waals surface area contributed by atoms with Gasteiger partial charge in [0.1, 0.15) is 0 Å². The molecule has 1 aromatic heterocycles. The van der Waals surface area contributed by atoms with E-state index in [2.05, 4.69) is 10.3 Å². The maximum atomic E-state index is 12.2. The number of aromatic nitrogens is 1. The van der Waals surface area contributed by atoms with Gasteiger partial charge in [-0.25, -0.2) is 0 Å². The van der Waals surface area contributed by atoms with Crippen LogP contribution in [0.15, 0.2) is 59.4 Å². The number of anilines is 1. The lowest BCUT2D eigenvalue weighted by molar-refractivity contribution is -0.116. The van der Waals surface area contributed by atoms with Crippen molar-refractivity contribution in [3.05, 3.63) is 76.1 Å². The average molecular weight is 362 g/mol. The summed E-state index contributed by atoms with van der Waals surface area (Å²) in [4.78, 5) is 39.0. The number of nitrogens with one attached hydrogen (secondary N) is 2. The van der Waals surface area contributed by atoms with E-state index in [1.165, 1.54) is 0 Å². The highest BCUT2D eigenvalue weighted by Crippen LogP contribution is 2.25. The first kappa shape index (κ1) is 18.6. The SMILES string of the molecule is CC(C)c1cc(=O)[nH]c2cc(NC(=O)CCC(=O)c3ccccc3)ccc12. The Morgan fingerprint density at radius 3 is 2.44 bits per heavy atom. The van der Waals surface area contributed by atoms with E-state index in [0.29, 0.717) is 16.8 Å². The summed E-state index contributed by atoms with van der Waals surface area (Å²) in [5.41, 5.74) is 2.69. The molecule has 0 fully saturated rings. The lowest BCUT2D eigenvalue weighted by Gasteiger charge is -2.11. The fraction of sp³-hybridized carbons (Fsp3) is 0.227. The first-order chi connectivity index (χ1) is 12.9. The molecule has 5 heteroatoms. The number of fused-ring (bicyclic) bond motifs is 1. The van der Waals surface area contributed by atoms with Crippen LogP contribution < -0.4 is 10.9 Å². The van der Waals surface area contributed by atoms with Gasteiger partial charge in [-0.1, -0.05) is 50.2 Å². The third kappa shape index (κ3) is 4.50. The molecule has 0 saturated carbocycles. The highest BCUT2D eigenvalue weighted by Gasteiger charge is 2.11. The van der Waals surface area contributed by atoms with E-state index in [1.807, 2.05) is 32.0 Å². The van der Waals surface area contributed by atoms with Gasteiger partial charge in [0.15, 0.2) is 5.78 Å². The van der Waals surface area contributed by atoms with E-state index in [9.17, 15) is 14.4 Å². The van der Waals surface area contributed by atoms with Gasteiger partial charge in [0.25, 0.3) is 0 Å². The van der Waals surface area contributed by atoms with Gasteiger partial charge < -0.3 is 10.3 Å². The largest absolute Gasteiger partial charge is 0.326 e. The number of hydrogen-bond donors (Lipinski definition) is 2. The third-order valence-electron chi connectivity index (χ3n) is 4.46. The summed E-state index contributed by atoms with van der Waals surface area (Å²) in [5.74, 6) is -0.0737. The van der Waals surface area contributed by atoms with Crippen LogP contribution >= 0.6 is 0 Å². The molecule has 0 bridgehead atoms. The van der Waals surface area contributed by atoms with Gasteiger partial charge in [-0.05, 0) is 23.6 Å². The Morgan fingerprint density at radius 1 is 1.00 bits per heavy atom.